The summed E-state index contributed by atoms with van der Waals surface area (Å²) in [5.74, 6) is 0. The highest BCUT2D eigenvalue weighted by Crippen LogP contribution is 2.35. The van der Waals surface area contributed by atoms with E-state index in [1.54, 1.807) is 11.8 Å². The van der Waals surface area contributed by atoms with E-state index in [2.05, 4.69) is 49.3 Å². The minimum Gasteiger partial charge on any atom is -0.152 e. The van der Waals surface area contributed by atoms with E-state index in [9.17, 15) is 0 Å². The molecule has 18 heavy (non-hydrogen) atoms. The molecule has 0 aliphatic heterocycles. The van der Waals surface area contributed by atoms with Gasteiger partial charge in [0.15, 0.2) is 0 Å². The molecule has 2 rings (SSSR count). The molecule has 0 heterocycles. The van der Waals surface area contributed by atoms with Crippen LogP contribution in [-0.2, 0) is 0 Å². The van der Waals surface area contributed by atoms with E-state index >= 15 is 0 Å². The standard InChI is InChI=1S/C15H16N2S/c1-10-6-4-5-7-14(10)18-15-9-11(2)13(17-16)8-12(15)3/h4-9,16H,1-3H3/p+1. The highest BCUT2D eigenvalue weighted by molar-refractivity contribution is 7.99. The first-order valence-corrected chi connectivity index (χ1v) is 6.69. The lowest BCUT2D eigenvalue weighted by molar-refractivity contribution is -0.210. The second kappa shape index (κ2) is 5.36. The maximum absolute atomic E-state index is 5.36. The van der Waals surface area contributed by atoms with Gasteiger partial charge in [0.2, 0.25) is 0 Å². The second-order valence-corrected chi connectivity index (χ2v) is 5.48. The van der Waals surface area contributed by atoms with Gasteiger partial charge in [-0.05, 0) is 60.8 Å². The zero-order valence-electron chi connectivity index (χ0n) is 10.9. The molecule has 0 saturated heterocycles. The van der Waals surface area contributed by atoms with Crippen LogP contribution in [0.4, 0.5) is 5.69 Å². The molecular weight excluding hydrogens is 240 g/mol. The molecule has 2 N–H and O–H groups in total. The monoisotopic (exact) mass is 257 g/mol. The molecule has 2 nitrogen and oxygen atoms in total. The fraction of sp³-hybridized carbons (Fsp3) is 0.200. The lowest BCUT2D eigenvalue weighted by Gasteiger charge is -2.09. The van der Waals surface area contributed by atoms with Crippen LogP contribution in [0, 0.1) is 20.8 Å². The van der Waals surface area contributed by atoms with Crippen molar-refractivity contribution in [2.75, 3.05) is 0 Å². The Morgan fingerprint density at radius 2 is 1.61 bits per heavy atom. The van der Waals surface area contributed by atoms with E-state index in [0.29, 0.717) is 0 Å². The van der Waals surface area contributed by atoms with Crippen molar-refractivity contribution in [3.05, 3.63) is 53.1 Å². The zero-order chi connectivity index (χ0) is 13.1. The summed E-state index contributed by atoms with van der Waals surface area (Å²) in [4.78, 5) is 2.55. The number of nitrogens with two attached hydrogens (primary N) is 1. The van der Waals surface area contributed by atoms with Crippen molar-refractivity contribution in [3.63, 3.8) is 0 Å². The number of rotatable bonds is 3. The van der Waals surface area contributed by atoms with E-state index in [0.717, 1.165) is 11.3 Å². The molecule has 0 unspecified atom stereocenters. The Balaban J connectivity index is 2.38. The van der Waals surface area contributed by atoms with Gasteiger partial charge in [0.25, 0.3) is 0 Å². The SMILES string of the molecule is Cc1cc(Sc2ccccc2C)c(C)cc1N=[NH2+]. The number of aryl methyl sites for hydroxylation is 3. The Kier molecular flexibility index (Phi) is 3.82. The summed E-state index contributed by atoms with van der Waals surface area (Å²) in [6.45, 7) is 6.26. The third-order valence-corrected chi connectivity index (χ3v) is 4.28. The third-order valence-electron chi connectivity index (χ3n) is 2.95. The molecule has 0 atom stereocenters. The number of hydrogen-bond donors (Lipinski definition) is 1. The van der Waals surface area contributed by atoms with E-state index in [1.165, 1.54) is 20.9 Å². The molecule has 0 aliphatic rings. The fourth-order valence-electron chi connectivity index (χ4n) is 1.81. The first-order valence-electron chi connectivity index (χ1n) is 5.87. The summed E-state index contributed by atoms with van der Waals surface area (Å²) in [5.41, 5.74) is 9.84. The van der Waals surface area contributed by atoms with Crippen molar-refractivity contribution in [2.24, 2.45) is 5.11 Å². The maximum atomic E-state index is 5.36. The lowest BCUT2D eigenvalue weighted by Crippen LogP contribution is -2.22. The van der Waals surface area contributed by atoms with Crippen LogP contribution < -0.4 is 5.53 Å². The Labute approximate surface area is 112 Å². The Morgan fingerprint density at radius 1 is 0.889 bits per heavy atom. The third kappa shape index (κ3) is 2.62. The highest BCUT2D eigenvalue weighted by atomic mass is 32.2. The summed E-state index contributed by atoms with van der Waals surface area (Å²) < 4.78 is 0. The Morgan fingerprint density at radius 3 is 2.28 bits per heavy atom. The van der Waals surface area contributed by atoms with Crippen LogP contribution in [0.15, 0.2) is 51.3 Å². The summed E-state index contributed by atoms with van der Waals surface area (Å²) in [6, 6.07) is 12.6. The molecule has 0 aromatic heterocycles. The summed E-state index contributed by atoms with van der Waals surface area (Å²) in [6.07, 6.45) is 0. The van der Waals surface area contributed by atoms with Crippen LogP contribution >= 0.6 is 11.8 Å². The van der Waals surface area contributed by atoms with Crippen LogP contribution in [-0.4, -0.2) is 0 Å². The van der Waals surface area contributed by atoms with Gasteiger partial charge in [-0.1, -0.05) is 30.0 Å². The molecule has 0 aliphatic carbocycles. The van der Waals surface area contributed by atoms with Crippen molar-refractivity contribution in [3.8, 4) is 0 Å². The molecule has 92 valence electrons. The molecular formula is C15H17N2S+. The second-order valence-electron chi connectivity index (χ2n) is 4.40. The van der Waals surface area contributed by atoms with Gasteiger partial charge in [0.05, 0.1) is 0 Å². The molecule has 0 spiro atoms. The molecule has 0 saturated carbocycles. The predicted molar refractivity (Wildman–Crippen MR) is 75.2 cm³/mol. The van der Waals surface area contributed by atoms with Gasteiger partial charge < -0.3 is 0 Å². The molecule has 0 fully saturated rings. The van der Waals surface area contributed by atoms with Crippen LogP contribution in [0.3, 0.4) is 0 Å². The minimum atomic E-state index is 0.863. The largest absolute Gasteiger partial charge is 0.152 e. The zero-order valence-corrected chi connectivity index (χ0v) is 11.7. The Hall–Kier alpha value is -1.61. The van der Waals surface area contributed by atoms with Crippen molar-refractivity contribution in [2.45, 2.75) is 30.6 Å². The first kappa shape index (κ1) is 12.8. The van der Waals surface area contributed by atoms with Gasteiger partial charge in [-0.2, -0.15) is 5.53 Å². The molecule has 0 bridgehead atoms. The van der Waals surface area contributed by atoms with Crippen LogP contribution in [0.2, 0.25) is 0 Å². The minimum absolute atomic E-state index is 0.863. The number of benzene rings is 2. The first-order chi connectivity index (χ1) is 8.61. The van der Waals surface area contributed by atoms with E-state index in [1.807, 2.05) is 13.0 Å². The molecule has 0 radical (unpaired) electrons. The summed E-state index contributed by atoms with van der Waals surface area (Å²) in [7, 11) is 0. The van der Waals surface area contributed by atoms with Crippen LogP contribution in [0.5, 0.6) is 0 Å². The van der Waals surface area contributed by atoms with Crippen molar-refractivity contribution in [1.29, 1.82) is 0 Å². The smallest absolute Gasteiger partial charge is 0.133 e. The molecule has 2 aromatic carbocycles. The van der Waals surface area contributed by atoms with Gasteiger partial charge in [0, 0.05) is 9.79 Å². The Bertz CT molecular complexity index is 591. The quantitative estimate of drug-likeness (QED) is 0.838. The van der Waals surface area contributed by atoms with Gasteiger partial charge in [-0.25, -0.2) is 0 Å². The average Bonchev–Trinajstić information content (AvgIpc) is 2.36. The fourth-order valence-corrected chi connectivity index (χ4v) is 2.88. The van der Waals surface area contributed by atoms with Crippen LogP contribution in [0.25, 0.3) is 0 Å². The van der Waals surface area contributed by atoms with Crippen molar-refractivity contribution < 1.29 is 5.53 Å². The normalized spacial score (nSPS) is 10.4. The van der Waals surface area contributed by atoms with Crippen molar-refractivity contribution >= 4 is 17.4 Å². The van der Waals surface area contributed by atoms with Gasteiger partial charge in [-0.3, -0.25) is 0 Å². The van der Waals surface area contributed by atoms with Crippen molar-refractivity contribution in [1.82, 2.24) is 0 Å². The highest BCUT2D eigenvalue weighted by Gasteiger charge is 2.08. The van der Waals surface area contributed by atoms with Gasteiger partial charge in [0.1, 0.15) is 5.69 Å². The number of hydrogen-bond acceptors (Lipinski definition) is 2. The van der Waals surface area contributed by atoms with E-state index < -0.39 is 0 Å². The van der Waals surface area contributed by atoms with E-state index in [4.69, 9.17) is 5.53 Å². The topological polar surface area (TPSA) is 38.0 Å². The molecule has 0 amide bonds. The van der Waals surface area contributed by atoms with E-state index in [-0.39, 0.29) is 0 Å². The molecule has 2 aromatic rings. The number of nitrogens with zero attached hydrogens (tertiary/aromatic N) is 1. The maximum Gasteiger partial charge on any atom is 0.133 e. The summed E-state index contributed by atoms with van der Waals surface area (Å²) in [5, 5.41) is 3.79. The average molecular weight is 257 g/mol. The van der Waals surface area contributed by atoms with Crippen LogP contribution in [0.1, 0.15) is 16.7 Å². The van der Waals surface area contributed by atoms with Gasteiger partial charge >= 0.3 is 0 Å². The molecule has 3 heteroatoms. The lowest BCUT2D eigenvalue weighted by atomic mass is 10.1. The summed E-state index contributed by atoms with van der Waals surface area (Å²) >= 11 is 1.79. The predicted octanol–water partition coefficient (Wildman–Crippen LogP) is 3.61. The van der Waals surface area contributed by atoms with Gasteiger partial charge in [-0.15, -0.1) is 0 Å².